The third-order valence-electron chi connectivity index (χ3n) is 5.18. The van der Waals surface area contributed by atoms with E-state index in [2.05, 4.69) is 10.5 Å². The molecule has 11 heteroatoms. The minimum atomic E-state index is -0.697. The molecule has 4 rings (SSSR count). The normalized spacial score (nSPS) is 13.9. The molecule has 3 aromatic rings. The summed E-state index contributed by atoms with van der Waals surface area (Å²) in [7, 11) is 0. The second-order valence-corrected chi connectivity index (χ2v) is 9.32. The fourth-order valence-corrected chi connectivity index (χ4v) is 4.49. The van der Waals surface area contributed by atoms with E-state index in [-0.39, 0.29) is 23.1 Å². The zero-order valence-electron chi connectivity index (χ0n) is 18.3. The molecular weight excluding hydrogens is 538 g/mol. The quantitative estimate of drug-likeness (QED) is 0.209. The Hall–Kier alpha value is -2.71. The van der Waals surface area contributed by atoms with E-state index in [1.54, 1.807) is 25.1 Å². The van der Waals surface area contributed by atoms with Crippen LogP contribution in [0.3, 0.4) is 0 Å². The maximum absolute atomic E-state index is 12.8. The molecule has 0 unspecified atom stereocenters. The summed E-state index contributed by atoms with van der Waals surface area (Å²) in [6.45, 7) is 1.44. The SMILES string of the molecule is Cc1c(C(=O)Oc2ccc(Cl)cc2Cl)oc2c1/C(=N/NC(=O)COc1ccc(Cl)cc1Cl)CCC2. The Morgan fingerprint density at radius 2 is 1.66 bits per heavy atom. The van der Waals surface area contributed by atoms with Gasteiger partial charge in [0, 0.05) is 27.6 Å². The number of carbonyl (C=O) groups is 2. The molecule has 35 heavy (non-hydrogen) atoms. The molecule has 7 nitrogen and oxygen atoms in total. The highest BCUT2D eigenvalue weighted by Crippen LogP contribution is 2.32. The van der Waals surface area contributed by atoms with E-state index in [1.165, 1.54) is 18.2 Å². The van der Waals surface area contributed by atoms with Gasteiger partial charge in [-0.25, -0.2) is 10.2 Å². The number of ether oxygens (including phenoxy) is 2. The van der Waals surface area contributed by atoms with Crippen LogP contribution in [-0.4, -0.2) is 24.2 Å². The molecule has 1 aliphatic carbocycles. The van der Waals surface area contributed by atoms with Crippen molar-refractivity contribution in [1.29, 1.82) is 0 Å². The predicted molar refractivity (Wildman–Crippen MR) is 134 cm³/mol. The number of amides is 1. The summed E-state index contributed by atoms with van der Waals surface area (Å²) in [6, 6.07) is 9.24. The van der Waals surface area contributed by atoms with Crippen LogP contribution in [0.4, 0.5) is 0 Å². The Bertz CT molecular complexity index is 1340. The van der Waals surface area contributed by atoms with E-state index in [0.717, 1.165) is 6.42 Å². The Balaban J connectivity index is 1.46. The Labute approximate surface area is 220 Å². The van der Waals surface area contributed by atoms with Crippen molar-refractivity contribution in [1.82, 2.24) is 5.43 Å². The van der Waals surface area contributed by atoms with Gasteiger partial charge in [0.05, 0.1) is 15.8 Å². The van der Waals surface area contributed by atoms with Gasteiger partial charge in [0.2, 0.25) is 5.76 Å². The number of hydrogen-bond acceptors (Lipinski definition) is 6. The van der Waals surface area contributed by atoms with Gasteiger partial charge in [0.25, 0.3) is 5.91 Å². The summed E-state index contributed by atoms with van der Waals surface area (Å²) in [4.78, 5) is 25.1. The van der Waals surface area contributed by atoms with Gasteiger partial charge in [-0.05, 0) is 56.2 Å². The molecular formula is C24H18Cl4N2O5. The van der Waals surface area contributed by atoms with Gasteiger partial charge in [-0.15, -0.1) is 0 Å². The number of aryl methyl sites for hydroxylation is 1. The number of fused-ring (bicyclic) bond motifs is 1. The first kappa shape index (κ1) is 25.4. The zero-order valence-corrected chi connectivity index (χ0v) is 21.3. The Morgan fingerprint density at radius 3 is 2.31 bits per heavy atom. The van der Waals surface area contributed by atoms with Crippen LogP contribution in [0.5, 0.6) is 11.5 Å². The lowest BCUT2D eigenvalue weighted by Crippen LogP contribution is -2.27. The lowest BCUT2D eigenvalue weighted by atomic mass is 9.93. The smallest absolute Gasteiger partial charge is 0.379 e. The fraction of sp³-hybridized carbons (Fsp3) is 0.208. The van der Waals surface area contributed by atoms with Gasteiger partial charge in [-0.2, -0.15) is 5.10 Å². The van der Waals surface area contributed by atoms with Crippen LogP contribution in [0.1, 0.15) is 40.3 Å². The molecule has 0 aliphatic heterocycles. The maximum Gasteiger partial charge on any atom is 0.379 e. The van der Waals surface area contributed by atoms with Crippen LogP contribution in [-0.2, 0) is 11.2 Å². The second-order valence-electron chi connectivity index (χ2n) is 7.63. The molecule has 182 valence electrons. The summed E-state index contributed by atoms with van der Waals surface area (Å²) in [5, 5.41) is 5.62. The van der Waals surface area contributed by atoms with Crippen LogP contribution < -0.4 is 14.9 Å². The van der Waals surface area contributed by atoms with Crippen LogP contribution >= 0.6 is 46.4 Å². The third kappa shape index (κ3) is 5.93. The van der Waals surface area contributed by atoms with Crippen molar-refractivity contribution in [3.8, 4) is 11.5 Å². The summed E-state index contributed by atoms with van der Waals surface area (Å²) < 4.78 is 16.6. The first-order valence-corrected chi connectivity index (χ1v) is 12.0. The number of hydrazone groups is 1. The maximum atomic E-state index is 12.8. The van der Waals surface area contributed by atoms with Crippen molar-refractivity contribution >= 4 is 64.0 Å². The standard InChI is InChI=1S/C24H18Cl4N2O5/c1-12-22-17(29-30-21(31)11-33-18-7-5-13(25)9-15(18)27)3-2-4-20(22)34-23(12)24(32)35-19-8-6-14(26)10-16(19)28/h5-10H,2-4,11H2,1H3,(H,30,31)/b29-17+. The van der Waals surface area contributed by atoms with E-state index in [0.29, 0.717) is 56.3 Å². The van der Waals surface area contributed by atoms with Gasteiger partial charge in [-0.3, -0.25) is 4.79 Å². The molecule has 1 aliphatic rings. The fourth-order valence-electron chi connectivity index (χ4n) is 3.58. The molecule has 0 saturated carbocycles. The third-order valence-corrected chi connectivity index (χ3v) is 6.24. The average molecular weight is 556 g/mol. The van der Waals surface area contributed by atoms with Crippen molar-refractivity contribution < 1.29 is 23.5 Å². The number of nitrogens with one attached hydrogen (secondary N) is 1. The van der Waals surface area contributed by atoms with E-state index in [4.69, 9.17) is 60.3 Å². The molecule has 1 aromatic heterocycles. The molecule has 0 bridgehead atoms. The molecule has 0 atom stereocenters. The van der Waals surface area contributed by atoms with Crippen molar-refractivity contribution in [2.24, 2.45) is 5.10 Å². The number of esters is 1. The number of nitrogens with zero attached hydrogens (tertiary/aromatic N) is 1. The van der Waals surface area contributed by atoms with Gasteiger partial charge in [0.15, 0.2) is 6.61 Å². The highest BCUT2D eigenvalue weighted by Gasteiger charge is 2.29. The summed E-state index contributed by atoms with van der Waals surface area (Å²) in [6.07, 6.45) is 1.95. The molecule has 1 N–H and O–H groups in total. The topological polar surface area (TPSA) is 90.1 Å². The lowest BCUT2D eigenvalue weighted by molar-refractivity contribution is -0.123. The highest BCUT2D eigenvalue weighted by atomic mass is 35.5. The zero-order chi connectivity index (χ0) is 25.1. The minimum absolute atomic E-state index is 0.0441. The monoisotopic (exact) mass is 554 g/mol. The predicted octanol–water partition coefficient (Wildman–Crippen LogP) is 6.66. The van der Waals surface area contributed by atoms with E-state index in [9.17, 15) is 9.59 Å². The van der Waals surface area contributed by atoms with E-state index >= 15 is 0 Å². The molecule has 2 aromatic carbocycles. The van der Waals surface area contributed by atoms with Crippen molar-refractivity contribution in [2.75, 3.05) is 6.61 Å². The molecule has 1 amide bonds. The number of benzene rings is 2. The Morgan fingerprint density at radius 1 is 1.00 bits per heavy atom. The molecule has 0 radical (unpaired) electrons. The Kier molecular flexibility index (Phi) is 7.91. The first-order chi connectivity index (χ1) is 16.7. The minimum Gasteiger partial charge on any atom is -0.482 e. The van der Waals surface area contributed by atoms with Crippen molar-refractivity contribution in [2.45, 2.75) is 26.2 Å². The van der Waals surface area contributed by atoms with E-state index < -0.39 is 11.9 Å². The number of carbonyl (C=O) groups excluding carboxylic acids is 2. The number of hydrogen-bond donors (Lipinski definition) is 1. The molecule has 0 spiro atoms. The number of furan rings is 1. The van der Waals surface area contributed by atoms with Crippen LogP contribution in [0.2, 0.25) is 20.1 Å². The highest BCUT2D eigenvalue weighted by molar-refractivity contribution is 6.36. The molecule has 1 heterocycles. The van der Waals surface area contributed by atoms with Gasteiger partial charge in [0.1, 0.15) is 17.3 Å². The summed E-state index contributed by atoms with van der Waals surface area (Å²) in [5.74, 6) is -0.0421. The largest absolute Gasteiger partial charge is 0.482 e. The second kappa shape index (κ2) is 10.9. The van der Waals surface area contributed by atoms with Gasteiger partial charge < -0.3 is 13.9 Å². The number of rotatable bonds is 6. The van der Waals surface area contributed by atoms with Crippen LogP contribution in [0.25, 0.3) is 0 Å². The van der Waals surface area contributed by atoms with Gasteiger partial charge >= 0.3 is 5.97 Å². The molecule has 0 fully saturated rings. The van der Waals surface area contributed by atoms with Crippen LogP contribution in [0.15, 0.2) is 45.9 Å². The number of halogens is 4. The average Bonchev–Trinajstić information content (AvgIpc) is 3.16. The van der Waals surface area contributed by atoms with Crippen LogP contribution in [0, 0.1) is 6.92 Å². The summed E-state index contributed by atoms with van der Waals surface area (Å²) in [5.41, 5.74) is 4.31. The lowest BCUT2D eigenvalue weighted by Gasteiger charge is -2.13. The van der Waals surface area contributed by atoms with E-state index in [1.807, 2.05) is 0 Å². The van der Waals surface area contributed by atoms with Gasteiger partial charge in [-0.1, -0.05) is 46.4 Å². The molecule has 0 saturated heterocycles. The summed E-state index contributed by atoms with van der Waals surface area (Å²) >= 11 is 23.9. The van der Waals surface area contributed by atoms with Crippen molar-refractivity contribution in [3.63, 3.8) is 0 Å². The van der Waals surface area contributed by atoms with Crippen molar-refractivity contribution in [3.05, 3.63) is 79.1 Å². The first-order valence-electron chi connectivity index (χ1n) is 10.5.